The minimum Gasteiger partial charge on any atom is -0.491 e. The lowest BCUT2D eigenvalue weighted by molar-refractivity contribution is -0.125. The first-order chi connectivity index (χ1) is 14.7. The fraction of sp³-hybridized carbons (Fsp3) is 0.292. The van der Waals surface area contributed by atoms with Crippen molar-refractivity contribution in [2.45, 2.75) is 39.5 Å². The molecular formula is C24H24N2O5. The van der Waals surface area contributed by atoms with E-state index in [4.69, 9.17) is 9.47 Å². The SMILES string of the molecule is CC(C)Oc1ccc2c(=O)n(CC(=O)c3ccc4c(c3)N(C)C(=O)C(C)O4)ccc2c1. The highest BCUT2D eigenvalue weighted by Crippen LogP contribution is 2.34. The zero-order chi connectivity index (χ0) is 22.3. The number of hydrogen-bond acceptors (Lipinski definition) is 5. The Balaban J connectivity index is 1.61. The van der Waals surface area contributed by atoms with E-state index in [9.17, 15) is 14.4 Å². The summed E-state index contributed by atoms with van der Waals surface area (Å²) < 4.78 is 12.7. The topological polar surface area (TPSA) is 77.8 Å². The number of ether oxygens (including phenoxy) is 2. The minimum absolute atomic E-state index is 0.0370. The molecule has 2 aromatic carbocycles. The Bertz CT molecular complexity index is 1240. The molecule has 1 aliphatic rings. The van der Waals surface area contributed by atoms with Crippen LogP contribution in [0.2, 0.25) is 0 Å². The van der Waals surface area contributed by atoms with Crippen LogP contribution in [0.5, 0.6) is 11.5 Å². The fourth-order valence-electron chi connectivity index (χ4n) is 3.67. The Morgan fingerprint density at radius 1 is 1.13 bits per heavy atom. The van der Waals surface area contributed by atoms with Crippen molar-refractivity contribution in [1.29, 1.82) is 0 Å². The maximum Gasteiger partial charge on any atom is 0.267 e. The van der Waals surface area contributed by atoms with E-state index in [1.54, 1.807) is 56.6 Å². The standard InChI is InChI=1S/C24H24N2O5/c1-14(2)30-18-6-7-19-16(11-18)9-10-26(24(19)29)13-21(27)17-5-8-22-20(12-17)25(4)23(28)15(3)31-22/h5-12,14-15H,13H2,1-4H3. The van der Waals surface area contributed by atoms with Crippen molar-refractivity contribution in [1.82, 2.24) is 4.57 Å². The van der Waals surface area contributed by atoms with Crippen LogP contribution in [0.15, 0.2) is 53.5 Å². The van der Waals surface area contributed by atoms with Crippen LogP contribution in [-0.4, -0.2) is 35.5 Å². The van der Waals surface area contributed by atoms with Crippen LogP contribution >= 0.6 is 0 Å². The summed E-state index contributed by atoms with van der Waals surface area (Å²) in [6, 6.07) is 12.1. The van der Waals surface area contributed by atoms with Gasteiger partial charge in [-0.3, -0.25) is 14.4 Å². The lowest BCUT2D eigenvalue weighted by Gasteiger charge is -2.30. The molecule has 2 heterocycles. The molecule has 0 spiro atoms. The van der Waals surface area contributed by atoms with Gasteiger partial charge in [0.05, 0.1) is 18.3 Å². The number of likely N-dealkylation sites (N-methyl/N-ethyl adjacent to an activating group) is 1. The summed E-state index contributed by atoms with van der Waals surface area (Å²) in [7, 11) is 1.65. The van der Waals surface area contributed by atoms with Crippen LogP contribution in [0.4, 0.5) is 5.69 Å². The van der Waals surface area contributed by atoms with Crippen LogP contribution in [0.1, 0.15) is 31.1 Å². The molecule has 0 fully saturated rings. The van der Waals surface area contributed by atoms with Crippen LogP contribution in [0, 0.1) is 0 Å². The molecule has 7 nitrogen and oxygen atoms in total. The molecular weight excluding hydrogens is 396 g/mol. The number of benzene rings is 2. The number of aromatic nitrogens is 1. The van der Waals surface area contributed by atoms with Crippen LogP contribution < -0.4 is 19.9 Å². The molecule has 1 atom stereocenters. The summed E-state index contributed by atoms with van der Waals surface area (Å²) in [6.45, 7) is 5.46. The molecule has 160 valence electrons. The average molecular weight is 420 g/mol. The van der Waals surface area contributed by atoms with Crippen molar-refractivity contribution in [3.05, 3.63) is 64.6 Å². The number of hydrogen-bond donors (Lipinski definition) is 0. The molecule has 0 saturated heterocycles. The Morgan fingerprint density at radius 2 is 1.90 bits per heavy atom. The Labute approximate surface area is 179 Å². The molecule has 0 saturated carbocycles. The smallest absolute Gasteiger partial charge is 0.267 e. The number of carbonyl (C=O) groups is 2. The second-order valence-electron chi connectivity index (χ2n) is 7.93. The maximum absolute atomic E-state index is 12.9. The minimum atomic E-state index is -0.568. The first-order valence-corrected chi connectivity index (χ1v) is 10.2. The van der Waals surface area contributed by atoms with Gasteiger partial charge in [0.15, 0.2) is 11.9 Å². The summed E-state index contributed by atoms with van der Waals surface area (Å²) in [5.74, 6) is 0.834. The third kappa shape index (κ3) is 3.91. The molecule has 31 heavy (non-hydrogen) atoms. The van der Waals surface area contributed by atoms with E-state index in [-0.39, 0.29) is 29.9 Å². The third-order valence-electron chi connectivity index (χ3n) is 5.26. The first kappa shape index (κ1) is 20.7. The molecule has 1 amide bonds. The number of anilines is 1. The number of nitrogens with zero attached hydrogens (tertiary/aromatic N) is 2. The molecule has 7 heteroatoms. The second-order valence-corrected chi connectivity index (χ2v) is 7.93. The van der Waals surface area contributed by atoms with E-state index < -0.39 is 6.10 Å². The van der Waals surface area contributed by atoms with Crippen molar-refractivity contribution >= 4 is 28.2 Å². The predicted octanol–water partition coefficient (Wildman–Crippen LogP) is 3.42. The third-order valence-corrected chi connectivity index (χ3v) is 5.26. The predicted molar refractivity (Wildman–Crippen MR) is 118 cm³/mol. The maximum atomic E-state index is 12.9. The Hall–Kier alpha value is -3.61. The lowest BCUT2D eigenvalue weighted by Crippen LogP contribution is -2.42. The second kappa shape index (κ2) is 7.91. The van der Waals surface area contributed by atoms with Crippen molar-refractivity contribution < 1.29 is 19.1 Å². The molecule has 4 rings (SSSR count). The summed E-state index contributed by atoms with van der Waals surface area (Å²) in [5, 5.41) is 1.27. The van der Waals surface area contributed by atoms with Crippen molar-refractivity contribution in [3.8, 4) is 11.5 Å². The van der Waals surface area contributed by atoms with Gasteiger partial charge in [0.25, 0.3) is 11.5 Å². The fourth-order valence-corrected chi connectivity index (χ4v) is 3.67. The molecule has 0 radical (unpaired) electrons. The number of rotatable bonds is 5. The van der Waals surface area contributed by atoms with Crippen LogP contribution in [-0.2, 0) is 11.3 Å². The summed E-state index contributed by atoms with van der Waals surface area (Å²) in [4.78, 5) is 39.4. The molecule has 3 aromatic rings. The first-order valence-electron chi connectivity index (χ1n) is 10.2. The van der Waals surface area contributed by atoms with Gasteiger partial charge < -0.3 is 18.9 Å². The van der Waals surface area contributed by atoms with Gasteiger partial charge in [0.2, 0.25) is 0 Å². The van der Waals surface area contributed by atoms with Gasteiger partial charge in [-0.25, -0.2) is 0 Å². The highest BCUT2D eigenvalue weighted by Gasteiger charge is 2.29. The average Bonchev–Trinajstić information content (AvgIpc) is 2.73. The summed E-state index contributed by atoms with van der Waals surface area (Å²) in [5.41, 5.74) is 0.700. The molecule has 0 N–H and O–H groups in total. The van der Waals surface area contributed by atoms with Gasteiger partial charge in [0, 0.05) is 24.2 Å². The number of ketones is 1. The van der Waals surface area contributed by atoms with E-state index in [2.05, 4.69) is 0 Å². The number of amides is 1. The highest BCUT2D eigenvalue weighted by molar-refractivity contribution is 6.02. The van der Waals surface area contributed by atoms with Gasteiger partial charge in [0.1, 0.15) is 11.5 Å². The number of carbonyl (C=O) groups excluding carboxylic acids is 2. The van der Waals surface area contributed by atoms with Gasteiger partial charge in [-0.15, -0.1) is 0 Å². The van der Waals surface area contributed by atoms with Crippen LogP contribution in [0.3, 0.4) is 0 Å². The van der Waals surface area contributed by atoms with Crippen molar-refractivity contribution in [2.75, 3.05) is 11.9 Å². The van der Waals surface area contributed by atoms with E-state index >= 15 is 0 Å². The summed E-state index contributed by atoms with van der Waals surface area (Å²) >= 11 is 0. The molecule has 1 aliphatic heterocycles. The van der Waals surface area contributed by atoms with E-state index in [0.717, 1.165) is 5.39 Å². The molecule has 0 aliphatic carbocycles. The van der Waals surface area contributed by atoms with Gasteiger partial charge in [-0.05, 0) is 68.6 Å². The van der Waals surface area contributed by atoms with E-state index in [1.807, 2.05) is 19.9 Å². The number of Topliss-reactive ketones (excluding diaryl/α,β-unsaturated/α-hetero) is 1. The normalized spacial score (nSPS) is 15.7. The largest absolute Gasteiger partial charge is 0.491 e. The van der Waals surface area contributed by atoms with E-state index in [0.29, 0.717) is 28.1 Å². The highest BCUT2D eigenvalue weighted by atomic mass is 16.5. The van der Waals surface area contributed by atoms with Crippen molar-refractivity contribution in [2.24, 2.45) is 0 Å². The van der Waals surface area contributed by atoms with Crippen LogP contribution in [0.25, 0.3) is 10.8 Å². The molecule has 1 unspecified atom stereocenters. The monoisotopic (exact) mass is 420 g/mol. The Kier molecular flexibility index (Phi) is 5.27. The van der Waals surface area contributed by atoms with E-state index in [1.165, 1.54) is 9.47 Å². The van der Waals surface area contributed by atoms with Gasteiger partial charge in [-0.2, -0.15) is 0 Å². The zero-order valence-corrected chi connectivity index (χ0v) is 17.9. The Morgan fingerprint density at radius 3 is 2.65 bits per heavy atom. The molecule has 0 bridgehead atoms. The lowest BCUT2D eigenvalue weighted by atomic mass is 10.1. The zero-order valence-electron chi connectivity index (χ0n) is 17.9. The quantitative estimate of drug-likeness (QED) is 0.591. The van der Waals surface area contributed by atoms with Gasteiger partial charge >= 0.3 is 0 Å². The number of pyridine rings is 1. The van der Waals surface area contributed by atoms with Gasteiger partial charge in [-0.1, -0.05) is 0 Å². The summed E-state index contributed by atoms with van der Waals surface area (Å²) in [6.07, 6.45) is 1.08. The van der Waals surface area contributed by atoms with Crippen molar-refractivity contribution in [3.63, 3.8) is 0 Å². The molecule has 1 aromatic heterocycles. The number of fused-ring (bicyclic) bond motifs is 2.